The maximum Gasteiger partial charge on any atom is 0.158 e. The highest BCUT2D eigenvalue weighted by atomic mass is 16.5. The Morgan fingerprint density at radius 3 is 2.46 bits per heavy atom. The molecule has 1 aromatic carbocycles. The first-order valence-electron chi connectivity index (χ1n) is 8.70. The predicted octanol–water partition coefficient (Wildman–Crippen LogP) is 2.31. The van der Waals surface area contributed by atoms with Gasteiger partial charge in [-0.2, -0.15) is 5.10 Å². The molecule has 2 aromatic heterocycles. The van der Waals surface area contributed by atoms with Crippen LogP contribution >= 0.6 is 0 Å². The lowest BCUT2D eigenvalue weighted by Gasteiger charge is -2.36. The van der Waals surface area contributed by atoms with Gasteiger partial charge in [0.2, 0.25) is 0 Å². The zero-order valence-corrected chi connectivity index (χ0v) is 15.0. The van der Waals surface area contributed by atoms with Crippen molar-refractivity contribution >= 4 is 11.5 Å². The molecule has 0 saturated carbocycles. The molecule has 0 spiro atoms. The van der Waals surface area contributed by atoms with Crippen molar-refractivity contribution in [1.29, 1.82) is 0 Å². The third-order valence-corrected chi connectivity index (χ3v) is 4.61. The second kappa shape index (κ2) is 7.03. The number of methoxy groups -OCH3 is 1. The van der Waals surface area contributed by atoms with E-state index >= 15 is 0 Å². The smallest absolute Gasteiger partial charge is 0.158 e. The lowest BCUT2D eigenvalue weighted by atomic mass is 10.2. The van der Waals surface area contributed by atoms with Gasteiger partial charge >= 0.3 is 0 Å². The fraction of sp³-hybridized carbons (Fsp3) is 0.316. The molecule has 0 N–H and O–H groups in total. The van der Waals surface area contributed by atoms with Crippen LogP contribution in [0, 0.1) is 6.92 Å². The Labute approximate surface area is 152 Å². The molecule has 1 aliphatic rings. The summed E-state index contributed by atoms with van der Waals surface area (Å²) >= 11 is 0. The Balaban J connectivity index is 1.46. The minimum atomic E-state index is 0.790. The van der Waals surface area contributed by atoms with Crippen molar-refractivity contribution in [2.24, 2.45) is 0 Å². The lowest BCUT2D eigenvalue weighted by molar-refractivity contribution is 0.414. The quantitative estimate of drug-likeness (QED) is 0.720. The fourth-order valence-electron chi connectivity index (χ4n) is 3.17. The summed E-state index contributed by atoms with van der Waals surface area (Å²) in [6.07, 6.45) is 5.40. The summed E-state index contributed by atoms with van der Waals surface area (Å²) in [7, 11) is 1.70. The number of hydrogen-bond donors (Lipinski definition) is 0. The molecule has 0 radical (unpaired) electrons. The molecule has 7 nitrogen and oxygen atoms in total. The molecule has 1 fully saturated rings. The molecule has 26 heavy (non-hydrogen) atoms. The number of aryl methyl sites for hydroxylation is 1. The van der Waals surface area contributed by atoms with E-state index < -0.39 is 0 Å². The minimum Gasteiger partial charge on any atom is -0.497 e. The van der Waals surface area contributed by atoms with Gasteiger partial charge < -0.3 is 14.5 Å². The lowest BCUT2D eigenvalue weighted by Crippen LogP contribution is -2.46. The number of rotatable bonds is 4. The van der Waals surface area contributed by atoms with Crippen LogP contribution in [-0.2, 0) is 0 Å². The van der Waals surface area contributed by atoms with Gasteiger partial charge in [-0.15, -0.1) is 0 Å². The molecule has 0 atom stereocenters. The highest BCUT2D eigenvalue weighted by Crippen LogP contribution is 2.23. The van der Waals surface area contributed by atoms with Crippen LogP contribution in [0.15, 0.2) is 49.1 Å². The molecule has 7 heteroatoms. The summed E-state index contributed by atoms with van der Waals surface area (Å²) in [6, 6.07) is 10.2. The van der Waals surface area contributed by atoms with Gasteiger partial charge in [-0.25, -0.2) is 14.6 Å². The van der Waals surface area contributed by atoms with Gasteiger partial charge in [0.15, 0.2) is 5.82 Å². The summed E-state index contributed by atoms with van der Waals surface area (Å²) in [5.74, 6) is 2.62. The number of benzene rings is 1. The zero-order valence-electron chi connectivity index (χ0n) is 15.0. The first-order valence-corrected chi connectivity index (χ1v) is 8.70. The van der Waals surface area contributed by atoms with Crippen molar-refractivity contribution in [2.45, 2.75) is 6.92 Å². The van der Waals surface area contributed by atoms with Crippen LogP contribution in [0.3, 0.4) is 0 Å². The first-order chi connectivity index (χ1) is 12.7. The van der Waals surface area contributed by atoms with Crippen LogP contribution in [0.25, 0.3) is 5.82 Å². The van der Waals surface area contributed by atoms with E-state index in [1.807, 2.05) is 37.5 Å². The van der Waals surface area contributed by atoms with Crippen molar-refractivity contribution in [3.05, 3.63) is 54.6 Å². The van der Waals surface area contributed by atoms with Gasteiger partial charge in [0.25, 0.3) is 0 Å². The second-order valence-electron chi connectivity index (χ2n) is 6.37. The van der Waals surface area contributed by atoms with Gasteiger partial charge in [0, 0.05) is 50.2 Å². The third kappa shape index (κ3) is 3.33. The van der Waals surface area contributed by atoms with E-state index in [1.165, 1.54) is 5.69 Å². The van der Waals surface area contributed by atoms with Crippen molar-refractivity contribution in [1.82, 2.24) is 19.7 Å². The van der Waals surface area contributed by atoms with Crippen molar-refractivity contribution in [3.63, 3.8) is 0 Å². The summed E-state index contributed by atoms with van der Waals surface area (Å²) in [5.41, 5.74) is 2.30. The number of piperazine rings is 1. The monoisotopic (exact) mass is 350 g/mol. The van der Waals surface area contributed by atoms with Crippen LogP contribution < -0.4 is 14.5 Å². The molecule has 3 heterocycles. The highest BCUT2D eigenvalue weighted by Gasteiger charge is 2.19. The van der Waals surface area contributed by atoms with E-state index in [-0.39, 0.29) is 0 Å². The topological polar surface area (TPSA) is 59.3 Å². The third-order valence-electron chi connectivity index (χ3n) is 4.61. The van der Waals surface area contributed by atoms with E-state index in [0.29, 0.717) is 0 Å². The summed E-state index contributed by atoms with van der Waals surface area (Å²) < 4.78 is 7.12. The maximum atomic E-state index is 5.33. The van der Waals surface area contributed by atoms with Crippen LogP contribution in [-0.4, -0.2) is 53.0 Å². The normalized spacial score (nSPS) is 14.5. The van der Waals surface area contributed by atoms with E-state index in [1.54, 1.807) is 18.1 Å². The number of anilines is 2. The summed E-state index contributed by atoms with van der Waals surface area (Å²) in [6.45, 7) is 5.71. The van der Waals surface area contributed by atoms with Crippen molar-refractivity contribution < 1.29 is 4.74 Å². The van der Waals surface area contributed by atoms with Crippen molar-refractivity contribution in [3.8, 4) is 11.6 Å². The Bertz CT molecular complexity index is 885. The fourth-order valence-corrected chi connectivity index (χ4v) is 3.17. The van der Waals surface area contributed by atoms with Gasteiger partial charge in [-0.1, -0.05) is 6.07 Å². The second-order valence-corrected chi connectivity index (χ2v) is 6.37. The highest BCUT2D eigenvalue weighted by molar-refractivity contribution is 5.53. The molecule has 134 valence electrons. The van der Waals surface area contributed by atoms with Crippen LogP contribution in [0.2, 0.25) is 0 Å². The largest absolute Gasteiger partial charge is 0.497 e. The maximum absolute atomic E-state index is 5.33. The average molecular weight is 350 g/mol. The number of aromatic nitrogens is 4. The van der Waals surface area contributed by atoms with Gasteiger partial charge in [-0.05, 0) is 24.6 Å². The Morgan fingerprint density at radius 1 is 0.962 bits per heavy atom. The SMILES string of the molecule is COc1cccc(N2CCN(c3cc(-n4cc(C)cn4)ncn3)CC2)c1. The number of ether oxygens (including phenoxy) is 1. The number of nitrogens with zero attached hydrogens (tertiary/aromatic N) is 6. The molecule has 0 bridgehead atoms. The predicted molar refractivity (Wildman–Crippen MR) is 101 cm³/mol. The summed E-state index contributed by atoms with van der Waals surface area (Å²) in [4.78, 5) is 13.5. The molecule has 0 unspecified atom stereocenters. The minimum absolute atomic E-state index is 0.790. The molecule has 4 rings (SSSR count). The first kappa shape index (κ1) is 16.4. The molecular weight excluding hydrogens is 328 g/mol. The van der Waals surface area contributed by atoms with E-state index in [4.69, 9.17) is 4.74 Å². The molecule has 1 saturated heterocycles. The van der Waals surface area contributed by atoms with Crippen molar-refractivity contribution in [2.75, 3.05) is 43.1 Å². The zero-order chi connectivity index (χ0) is 17.9. The van der Waals surface area contributed by atoms with E-state index in [9.17, 15) is 0 Å². The van der Waals surface area contributed by atoms with Gasteiger partial charge in [0.1, 0.15) is 17.9 Å². The van der Waals surface area contributed by atoms with Crippen LogP contribution in [0.4, 0.5) is 11.5 Å². The average Bonchev–Trinajstić information content (AvgIpc) is 3.15. The van der Waals surface area contributed by atoms with E-state index in [0.717, 1.165) is 49.1 Å². The Kier molecular flexibility index (Phi) is 4.43. The molecule has 0 amide bonds. The standard InChI is InChI=1S/C19H22N6O/c1-15-12-22-25(13-15)19-11-18(20-14-21-19)24-8-6-23(7-9-24)16-4-3-5-17(10-16)26-2/h3-5,10-14H,6-9H2,1-2H3. The number of hydrogen-bond acceptors (Lipinski definition) is 6. The molecular formula is C19H22N6O. The summed E-state index contributed by atoms with van der Waals surface area (Å²) in [5, 5.41) is 4.33. The van der Waals surface area contributed by atoms with Gasteiger partial charge in [0.05, 0.1) is 13.3 Å². The Morgan fingerprint density at radius 2 is 1.73 bits per heavy atom. The molecule has 0 aliphatic carbocycles. The van der Waals surface area contributed by atoms with Crippen LogP contribution in [0.1, 0.15) is 5.56 Å². The van der Waals surface area contributed by atoms with Crippen LogP contribution in [0.5, 0.6) is 5.75 Å². The molecule has 1 aliphatic heterocycles. The van der Waals surface area contributed by atoms with E-state index in [2.05, 4.69) is 37.0 Å². The van der Waals surface area contributed by atoms with Gasteiger partial charge in [-0.3, -0.25) is 0 Å². The Hall–Kier alpha value is -3.09. The molecule has 3 aromatic rings.